The lowest BCUT2D eigenvalue weighted by Gasteiger charge is -2.26. The van der Waals surface area contributed by atoms with Gasteiger partial charge in [0.2, 0.25) is 0 Å². The van der Waals surface area contributed by atoms with Gasteiger partial charge in [0.15, 0.2) is 0 Å². The van der Waals surface area contributed by atoms with Crippen LogP contribution in [-0.4, -0.2) is 17.6 Å². The summed E-state index contributed by atoms with van der Waals surface area (Å²) in [5, 5.41) is 16.6. The average molecular weight is 253 g/mol. The Morgan fingerprint density at radius 3 is 2.76 bits per heavy atom. The maximum Gasteiger partial charge on any atom is 0.306 e. The van der Waals surface area contributed by atoms with Crippen LogP contribution in [0.15, 0.2) is 16.8 Å². The van der Waals surface area contributed by atoms with Crippen molar-refractivity contribution >= 4 is 17.3 Å². The van der Waals surface area contributed by atoms with E-state index in [4.69, 9.17) is 5.11 Å². The summed E-state index contributed by atoms with van der Waals surface area (Å²) in [6.07, 6.45) is 3.79. The first kappa shape index (κ1) is 12.6. The normalized spacial score (nSPS) is 24.7. The lowest BCUT2D eigenvalue weighted by Crippen LogP contribution is -2.28. The number of hydrogen-bond acceptors (Lipinski definition) is 3. The van der Waals surface area contributed by atoms with Crippen LogP contribution >= 0.6 is 11.3 Å². The number of carboxylic acid groups (broad SMARTS) is 1. The van der Waals surface area contributed by atoms with Crippen molar-refractivity contribution in [2.45, 2.75) is 32.2 Å². The molecular formula is C13H19NO2S. The van der Waals surface area contributed by atoms with E-state index in [1.165, 1.54) is 5.56 Å². The smallest absolute Gasteiger partial charge is 0.306 e. The van der Waals surface area contributed by atoms with Gasteiger partial charge in [-0.15, -0.1) is 0 Å². The van der Waals surface area contributed by atoms with Gasteiger partial charge in [0.25, 0.3) is 0 Å². The molecule has 0 bridgehead atoms. The van der Waals surface area contributed by atoms with E-state index in [1.807, 2.05) is 0 Å². The molecule has 4 heteroatoms. The van der Waals surface area contributed by atoms with Crippen LogP contribution in [0, 0.1) is 11.8 Å². The van der Waals surface area contributed by atoms with E-state index in [0.29, 0.717) is 5.92 Å². The zero-order chi connectivity index (χ0) is 12.1. The first-order valence-corrected chi connectivity index (χ1v) is 7.14. The molecular weight excluding hydrogens is 234 g/mol. The standard InChI is InChI=1S/C13H19NO2S/c15-13(16)12-3-1-10(2-4-12)7-14-8-11-5-6-17-9-11/h5-6,9-10,12,14H,1-4,7-8H2,(H,15,16). The molecule has 3 nitrogen and oxygen atoms in total. The van der Waals surface area contributed by atoms with Crippen molar-refractivity contribution in [3.05, 3.63) is 22.4 Å². The molecule has 1 aliphatic carbocycles. The summed E-state index contributed by atoms with van der Waals surface area (Å²) in [7, 11) is 0. The maximum absolute atomic E-state index is 10.8. The van der Waals surface area contributed by atoms with Crippen LogP contribution < -0.4 is 5.32 Å². The second-order valence-corrected chi connectivity index (χ2v) is 5.60. The molecule has 0 saturated heterocycles. The molecule has 0 amide bonds. The van der Waals surface area contributed by atoms with Crippen molar-refractivity contribution in [2.75, 3.05) is 6.54 Å². The van der Waals surface area contributed by atoms with Crippen molar-refractivity contribution < 1.29 is 9.90 Å². The number of aliphatic carboxylic acids is 1. The Kier molecular flexibility index (Phi) is 4.57. The minimum Gasteiger partial charge on any atom is -0.481 e. The highest BCUT2D eigenvalue weighted by molar-refractivity contribution is 7.07. The quantitative estimate of drug-likeness (QED) is 0.848. The fourth-order valence-corrected chi connectivity index (χ4v) is 3.10. The third-order valence-electron chi connectivity index (χ3n) is 3.54. The van der Waals surface area contributed by atoms with E-state index < -0.39 is 5.97 Å². The van der Waals surface area contributed by atoms with Crippen LogP contribution in [0.1, 0.15) is 31.2 Å². The minimum atomic E-state index is -0.616. The number of rotatable bonds is 5. The Hall–Kier alpha value is -0.870. The molecule has 1 aliphatic rings. The van der Waals surface area contributed by atoms with Gasteiger partial charge >= 0.3 is 5.97 Å². The summed E-state index contributed by atoms with van der Waals surface area (Å²) in [5.41, 5.74) is 1.34. The second-order valence-electron chi connectivity index (χ2n) is 4.82. The third-order valence-corrected chi connectivity index (χ3v) is 4.27. The van der Waals surface area contributed by atoms with Gasteiger partial charge < -0.3 is 10.4 Å². The van der Waals surface area contributed by atoms with E-state index in [-0.39, 0.29) is 5.92 Å². The lowest BCUT2D eigenvalue weighted by molar-refractivity contribution is -0.143. The molecule has 0 atom stereocenters. The molecule has 0 spiro atoms. The van der Waals surface area contributed by atoms with Gasteiger partial charge in [0.05, 0.1) is 5.92 Å². The average Bonchev–Trinajstić information content (AvgIpc) is 2.83. The van der Waals surface area contributed by atoms with Gasteiger partial charge in [-0.25, -0.2) is 0 Å². The van der Waals surface area contributed by atoms with Crippen molar-refractivity contribution in [3.63, 3.8) is 0 Å². The highest BCUT2D eigenvalue weighted by atomic mass is 32.1. The zero-order valence-corrected chi connectivity index (χ0v) is 10.7. The fraction of sp³-hybridized carbons (Fsp3) is 0.615. The predicted octanol–water partition coefficient (Wildman–Crippen LogP) is 2.73. The molecule has 2 N–H and O–H groups in total. The molecule has 1 aromatic rings. The molecule has 17 heavy (non-hydrogen) atoms. The van der Waals surface area contributed by atoms with Crippen LogP contribution in [0.2, 0.25) is 0 Å². The van der Waals surface area contributed by atoms with Crippen LogP contribution in [0.4, 0.5) is 0 Å². The molecule has 1 aromatic heterocycles. The van der Waals surface area contributed by atoms with Crippen molar-refractivity contribution in [3.8, 4) is 0 Å². The van der Waals surface area contributed by atoms with E-state index in [2.05, 4.69) is 22.1 Å². The third kappa shape index (κ3) is 3.82. The number of hydrogen-bond donors (Lipinski definition) is 2. The molecule has 0 unspecified atom stereocenters. The van der Waals surface area contributed by atoms with Crippen LogP contribution in [0.5, 0.6) is 0 Å². The summed E-state index contributed by atoms with van der Waals surface area (Å²) >= 11 is 1.72. The Morgan fingerprint density at radius 2 is 2.18 bits per heavy atom. The highest BCUT2D eigenvalue weighted by Crippen LogP contribution is 2.28. The minimum absolute atomic E-state index is 0.0943. The summed E-state index contributed by atoms with van der Waals surface area (Å²) in [6, 6.07) is 2.14. The van der Waals surface area contributed by atoms with Gasteiger partial charge in [0.1, 0.15) is 0 Å². The molecule has 0 radical (unpaired) electrons. The molecule has 0 aliphatic heterocycles. The van der Waals surface area contributed by atoms with Crippen molar-refractivity contribution in [1.82, 2.24) is 5.32 Å². The fourth-order valence-electron chi connectivity index (χ4n) is 2.43. The van der Waals surface area contributed by atoms with E-state index in [9.17, 15) is 4.79 Å². The maximum atomic E-state index is 10.8. The summed E-state index contributed by atoms with van der Waals surface area (Å²) in [4.78, 5) is 10.8. The molecule has 94 valence electrons. The topological polar surface area (TPSA) is 49.3 Å². The monoisotopic (exact) mass is 253 g/mol. The van der Waals surface area contributed by atoms with E-state index in [0.717, 1.165) is 38.8 Å². The zero-order valence-electron chi connectivity index (χ0n) is 9.89. The number of carboxylic acids is 1. The van der Waals surface area contributed by atoms with Gasteiger partial charge in [-0.1, -0.05) is 0 Å². The number of carbonyl (C=O) groups is 1. The van der Waals surface area contributed by atoms with Gasteiger partial charge in [-0.2, -0.15) is 11.3 Å². The van der Waals surface area contributed by atoms with Gasteiger partial charge in [0, 0.05) is 6.54 Å². The lowest BCUT2D eigenvalue weighted by atomic mass is 9.82. The SMILES string of the molecule is O=C(O)C1CCC(CNCc2ccsc2)CC1. The number of nitrogens with one attached hydrogen (secondary N) is 1. The summed E-state index contributed by atoms with van der Waals surface area (Å²) < 4.78 is 0. The first-order chi connectivity index (χ1) is 8.25. The number of thiophene rings is 1. The predicted molar refractivity (Wildman–Crippen MR) is 69.1 cm³/mol. The highest BCUT2D eigenvalue weighted by Gasteiger charge is 2.25. The molecule has 1 fully saturated rings. The van der Waals surface area contributed by atoms with Gasteiger partial charge in [-0.05, 0) is 60.5 Å². The molecule has 0 aromatic carbocycles. The van der Waals surface area contributed by atoms with Crippen LogP contribution in [-0.2, 0) is 11.3 Å². The van der Waals surface area contributed by atoms with Crippen molar-refractivity contribution in [2.24, 2.45) is 11.8 Å². The summed E-state index contributed by atoms with van der Waals surface area (Å²) in [5.74, 6) is -0.0537. The molecule has 1 saturated carbocycles. The van der Waals surface area contributed by atoms with Crippen LogP contribution in [0.3, 0.4) is 0 Å². The first-order valence-electron chi connectivity index (χ1n) is 6.20. The van der Waals surface area contributed by atoms with Gasteiger partial charge in [-0.3, -0.25) is 4.79 Å². The Bertz CT molecular complexity index is 342. The molecule has 1 heterocycles. The molecule has 2 rings (SSSR count). The Balaban J connectivity index is 1.63. The Morgan fingerprint density at radius 1 is 1.41 bits per heavy atom. The van der Waals surface area contributed by atoms with Crippen molar-refractivity contribution in [1.29, 1.82) is 0 Å². The van der Waals surface area contributed by atoms with E-state index >= 15 is 0 Å². The van der Waals surface area contributed by atoms with E-state index in [1.54, 1.807) is 11.3 Å². The summed E-state index contributed by atoms with van der Waals surface area (Å²) in [6.45, 7) is 1.95. The largest absolute Gasteiger partial charge is 0.481 e. The second kappa shape index (κ2) is 6.17. The Labute approximate surface area is 106 Å². The van der Waals surface area contributed by atoms with Crippen LogP contribution in [0.25, 0.3) is 0 Å².